The highest BCUT2D eigenvalue weighted by Gasteiger charge is 2.16. The molecule has 200 valence electrons. The quantitative estimate of drug-likeness (QED) is 0.482. The van der Waals surface area contributed by atoms with Crippen molar-refractivity contribution in [3.8, 4) is 11.1 Å². The van der Waals surface area contributed by atoms with Crippen molar-refractivity contribution in [2.24, 2.45) is 0 Å². The van der Waals surface area contributed by atoms with Gasteiger partial charge in [-0.3, -0.25) is 14.6 Å². The molecule has 2 N–H and O–H groups in total. The first kappa shape index (κ1) is 26.6. The van der Waals surface area contributed by atoms with Gasteiger partial charge in [0.1, 0.15) is 0 Å². The summed E-state index contributed by atoms with van der Waals surface area (Å²) in [6.45, 7) is 12.2. The number of nitrogens with zero attached hydrogens (tertiary/aromatic N) is 3. The van der Waals surface area contributed by atoms with Crippen molar-refractivity contribution in [3.05, 3.63) is 95.1 Å². The summed E-state index contributed by atoms with van der Waals surface area (Å²) in [5.74, 6) is -0.0251. The Labute approximate surface area is 227 Å². The standard InChI is InChI=1S/C32H41N5O/c1-25-22-37(13-12-33-25)24-27-7-4-10-30(19-27)29-9-3-6-26(18-29)21-34-32(38)31-11-5-8-28(20-31)23-36-16-14-35(2)15-17-36/h3-11,18-20,25,33H,12-17,21-24H2,1-2H3,(H,34,38). The van der Waals surface area contributed by atoms with E-state index in [1.54, 1.807) is 0 Å². The summed E-state index contributed by atoms with van der Waals surface area (Å²) >= 11 is 0. The molecule has 6 nitrogen and oxygen atoms in total. The first-order valence-electron chi connectivity index (χ1n) is 13.9. The highest BCUT2D eigenvalue weighted by molar-refractivity contribution is 5.94. The van der Waals surface area contributed by atoms with Gasteiger partial charge in [0.25, 0.3) is 5.91 Å². The maximum Gasteiger partial charge on any atom is 0.251 e. The van der Waals surface area contributed by atoms with Gasteiger partial charge in [0, 0.05) is 77.1 Å². The van der Waals surface area contributed by atoms with Crippen molar-refractivity contribution >= 4 is 5.91 Å². The van der Waals surface area contributed by atoms with Gasteiger partial charge in [0.05, 0.1) is 0 Å². The molecule has 3 aromatic rings. The molecular formula is C32H41N5O. The van der Waals surface area contributed by atoms with E-state index < -0.39 is 0 Å². The molecule has 0 aromatic heterocycles. The van der Waals surface area contributed by atoms with Crippen molar-refractivity contribution in [2.75, 3.05) is 52.9 Å². The van der Waals surface area contributed by atoms with Crippen molar-refractivity contribution in [1.82, 2.24) is 25.3 Å². The van der Waals surface area contributed by atoms with E-state index in [2.05, 4.69) is 93.9 Å². The number of piperazine rings is 2. The minimum absolute atomic E-state index is 0.0251. The molecule has 6 heteroatoms. The molecule has 0 radical (unpaired) electrons. The summed E-state index contributed by atoms with van der Waals surface area (Å²) in [6, 6.07) is 26.0. The normalized spacial score (nSPS) is 19.4. The van der Waals surface area contributed by atoms with Gasteiger partial charge in [-0.15, -0.1) is 0 Å². The molecule has 0 spiro atoms. The molecule has 2 heterocycles. The van der Waals surface area contributed by atoms with Gasteiger partial charge in [-0.2, -0.15) is 0 Å². The monoisotopic (exact) mass is 511 g/mol. The van der Waals surface area contributed by atoms with Crippen molar-refractivity contribution in [1.29, 1.82) is 0 Å². The molecule has 0 aliphatic carbocycles. The predicted octanol–water partition coefficient (Wildman–Crippen LogP) is 3.82. The molecule has 3 aromatic carbocycles. The minimum atomic E-state index is -0.0251. The zero-order chi connectivity index (χ0) is 26.3. The summed E-state index contributed by atoms with van der Waals surface area (Å²) < 4.78 is 0. The Hall–Kier alpha value is -3.03. The van der Waals surface area contributed by atoms with Crippen LogP contribution in [0.15, 0.2) is 72.8 Å². The fourth-order valence-corrected chi connectivity index (χ4v) is 5.48. The van der Waals surface area contributed by atoms with Crippen LogP contribution in [0.5, 0.6) is 0 Å². The third-order valence-electron chi connectivity index (χ3n) is 7.69. The Morgan fingerprint density at radius 3 is 2.18 bits per heavy atom. The molecule has 38 heavy (non-hydrogen) atoms. The molecule has 2 aliphatic heterocycles. The lowest BCUT2D eigenvalue weighted by Crippen LogP contribution is -2.48. The highest BCUT2D eigenvalue weighted by Crippen LogP contribution is 2.23. The van der Waals surface area contributed by atoms with E-state index in [0.29, 0.717) is 12.6 Å². The summed E-state index contributed by atoms with van der Waals surface area (Å²) in [5, 5.41) is 6.65. The Morgan fingerprint density at radius 1 is 0.816 bits per heavy atom. The lowest BCUT2D eigenvalue weighted by molar-refractivity contribution is 0.0950. The molecule has 1 amide bonds. The first-order chi connectivity index (χ1) is 18.5. The van der Waals surface area contributed by atoms with Crippen LogP contribution in [-0.2, 0) is 19.6 Å². The van der Waals surface area contributed by atoms with Crippen LogP contribution in [0, 0.1) is 0 Å². The van der Waals surface area contributed by atoms with Crippen LogP contribution in [0.25, 0.3) is 11.1 Å². The Bertz CT molecular complexity index is 1220. The van der Waals surface area contributed by atoms with Gasteiger partial charge in [-0.25, -0.2) is 0 Å². The van der Waals surface area contributed by atoms with Crippen LogP contribution < -0.4 is 10.6 Å². The third kappa shape index (κ3) is 7.29. The van der Waals surface area contributed by atoms with Gasteiger partial charge in [-0.05, 0) is 66.1 Å². The molecule has 0 saturated carbocycles. The minimum Gasteiger partial charge on any atom is -0.348 e. The van der Waals surface area contributed by atoms with Crippen LogP contribution >= 0.6 is 0 Å². The second-order valence-electron chi connectivity index (χ2n) is 11.0. The molecule has 2 saturated heterocycles. The summed E-state index contributed by atoms with van der Waals surface area (Å²) in [4.78, 5) is 20.3. The lowest BCUT2D eigenvalue weighted by atomic mass is 10.0. The smallest absolute Gasteiger partial charge is 0.251 e. The maximum atomic E-state index is 13.0. The summed E-state index contributed by atoms with van der Waals surface area (Å²) in [5.41, 5.74) is 6.76. The number of carbonyl (C=O) groups excluding carboxylic acids is 1. The molecular weight excluding hydrogens is 470 g/mol. The summed E-state index contributed by atoms with van der Waals surface area (Å²) in [6.07, 6.45) is 0. The SMILES string of the molecule is CC1CN(Cc2cccc(-c3cccc(CNC(=O)c4cccc(CN5CCN(C)CC5)c4)c3)c2)CCN1. The maximum absolute atomic E-state index is 13.0. The van der Waals surface area contributed by atoms with Gasteiger partial charge in [0.15, 0.2) is 0 Å². The van der Waals surface area contributed by atoms with Gasteiger partial charge >= 0.3 is 0 Å². The van der Waals surface area contributed by atoms with Crippen LogP contribution in [0.3, 0.4) is 0 Å². The Morgan fingerprint density at radius 2 is 1.45 bits per heavy atom. The van der Waals surface area contributed by atoms with Crippen molar-refractivity contribution in [2.45, 2.75) is 32.6 Å². The zero-order valence-corrected chi connectivity index (χ0v) is 22.8. The lowest BCUT2D eigenvalue weighted by Gasteiger charge is -2.32. The van der Waals surface area contributed by atoms with E-state index in [0.717, 1.165) is 70.0 Å². The van der Waals surface area contributed by atoms with E-state index in [1.165, 1.54) is 22.3 Å². The van der Waals surface area contributed by atoms with Crippen LogP contribution in [-0.4, -0.2) is 79.5 Å². The fourth-order valence-electron chi connectivity index (χ4n) is 5.48. The molecule has 1 atom stereocenters. The van der Waals surface area contributed by atoms with Crippen LogP contribution in [0.1, 0.15) is 34.0 Å². The first-order valence-corrected chi connectivity index (χ1v) is 13.9. The average molecular weight is 512 g/mol. The van der Waals surface area contributed by atoms with Gasteiger partial charge in [0.2, 0.25) is 0 Å². The number of nitrogens with one attached hydrogen (secondary N) is 2. The van der Waals surface area contributed by atoms with E-state index in [9.17, 15) is 4.79 Å². The molecule has 5 rings (SSSR count). The fraction of sp³-hybridized carbons (Fsp3) is 0.406. The van der Waals surface area contributed by atoms with E-state index >= 15 is 0 Å². The number of rotatable bonds is 8. The number of likely N-dealkylation sites (N-methyl/N-ethyl adjacent to an activating group) is 1. The Kier molecular flexibility index (Phi) is 8.86. The third-order valence-corrected chi connectivity index (χ3v) is 7.69. The van der Waals surface area contributed by atoms with E-state index in [-0.39, 0.29) is 5.91 Å². The molecule has 1 unspecified atom stereocenters. The van der Waals surface area contributed by atoms with Crippen molar-refractivity contribution in [3.63, 3.8) is 0 Å². The average Bonchev–Trinajstić information content (AvgIpc) is 2.93. The van der Waals surface area contributed by atoms with E-state index in [1.807, 2.05) is 18.2 Å². The number of carbonyl (C=O) groups is 1. The largest absolute Gasteiger partial charge is 0.348 e. The van der Waals surface area contributed by atoms with Crippen LogP contribution in [0.2, 0.25) is 0 Å². The predicted molar refractivity (Wildman–Crippen MR) is 155 cm³/mol. The number of hydrogen-bond donors (Lipinski definition) is 2. The van der Waals surface area contributed by atoms with Crippen molar-refractivity contribution < 1.29 is 4.79 Å². The number of hydrogen-bond acceptors (Lipinski definition) is 5. The molecule has 2 fully saturated rings. The molecule has 0 bridgehead atoms. The van der Waals surface area contributed by atoms with Crippen LogP contribution in [0.4, 0.5) is 0 Å². The second-order valence-corrected chi connectivity index (χ2v) is 11.0. The zero-order valence-electron chi connectivity index (χ0n) is 22.8. The number of amides is 1. The van der Waals surface area contributed by atoms with E-state index in [4.69, 9.17) is 0 Å². The summed E-state index contributed by atoms with van der Waals surface area (Å²) in [7, 11) is 2.17. The second kappa shape index (κ2) is 12.7. The van der Waals surface area contributed by atoms with Gasteiger partial charge < -0.3 is 15.5 Å². The highest BCUT2D eigenvalue weighted by atomic mass is 16.1. The topological polar surface area (TPSA) is 50.9 Å². The molecule has 2 aliphatic rings. The number of benzene rings is 3. The van der Waals surface area contributed by atoms with Gasteiger partial charge in [-0.1, -0.05) is 48.5 Å². The Balaban J connectivity index is 1.18.